The van der Waals surface area contributed by atoms with Crippen LogP contribution in [0.4, 0.5) is 0 Å². The molecule has 3 aliphatic carbocycles. The van der Waals surface area contributed by atoms with E-state index in [0.717, 1.165) is 44.9 Å². The molecule has 4 rings (SSSR count). The normalized spacial score (nSPS) is 36.7. The van der Waals surface area contributed by atoms with Crippen molar-refractivity contribution in [3.63, 3.8) is 0 Å². The molecule has 0 spiro atoms. The van der Waals surface area contributed by atoms with Crippen molar-refractivity contribution in [2.75, 3.05) is 13.7 Å². The Hall–Kier alpha value is -2.15. The quantitative estimate of drug-likeness (QED) is 0.219. The van der Waals surface area contributed by atoms with E-state index in [4.69, 9.17) is 14.2 Å². The zero-order valence-corrected chi connectivity index (χ0v) is 25.9. The third kappa shape index (κ3) is 5.05. The fourth-order valence-corrected chi connectivity index (χ4v) is 9.39. The highest BCUT2D eigenvalue weighted by Crippen LogP contribution is 2.71. The summed E-state index contributed by atoms with van der Waals surface area (Å²) < 4.78 is 16.7. The van der Waals surface area contributed by atoms with E-state index in [1.54, 1.807) is 0 Å². The van der Waals surface area contributed by atoms with Crippen LogP contribution in [0.15, 0.2) is 22.8 Å². The minimum atomic E-state index is -1.01. The lowest BCUT2D eigenvalue weighted by molar-refractivity contribution is -0.152. The van der Waals surface area contributed by atoms with Gasteiger partial charge in [0.1, 0.15) is 12.7 Å². The van der Waals surface area contributed by atoms with Crippen molar-refractivity contribution in [2.24, 2.45) is 34.0 Å². The predicted molar refractivity (Wildman–Crippen MR) is 152 cm³/mol. The van der Waals surface area contributed by atoms with Gasteiger partial charge in [0.2, 0.25) is 0 Å². The van der Waals surface area contributed by atoms with E-state index in [1.165, 1.54) is 25.2 Å². The Bertz CT molecular complexity index is 1100. The molecule has 0 unspecified atom stereocenters. The molecule has 7 atom stereocenters. The molecule has 224 valence electrons. The molecule has 1 saturated carbocycles. The predicted octanol–water partition coefficient (Wildman–Crippen LogP) is 6.08. The fourth-order valence-electron chi connectivity index (χ4n) is 9.39. The van der Waals surface area contributed by atoms with Crippen molar-refractivity contribution < 1.29 is 33.7 Å². The molecular weight excluding hydrogens is 508 g/mol. The maximum absolute atomic E-state index is 12.4. The van der Waals surface area contributed by atoms with Gasteiger partial charge in [0.05, 0.1) is 12.7 Å². The topological polar surface area (TPSA) is 99.1 Å². The second-order valence-corrected chi connectivity index (χ2v) is 14.0. The van der Waals surface area contributed by atoms with Crippen LogP contribution in [0, 0.1) is 34.0 Å². The molecule has 1 aliphatic heterocycles. The Labute approximate surface area is 240 Å². The maximum atomic E-state index is 12.4. The van der Waals surface area contributed by atoms with Gasteiger partial charge in [-0.1, -0.05) is 38.0 Å². The van der Waals surface area contributed by atoms with Crippen molar-refractivity contribution >= 4 is 17.9 Å². The number of hydrogen-bond donors (Lipinski definition) is 1. The van der Waals surface area contributed by atoms with Crippen LogP contribution in [0.1, 0.15) is 106 Å². The fraction of sp³-hybridized carbons (Fsp3) is 0.788. The SMILES string of the molecule is COC(=O)CC[C@]1(COC(C)=O)C2=C(CC[C@H]1C(C)(C)O)[C@]1(C)CC[C@H]([C@H](C)[C@@H]3CC=C(C)C(=O)O3)[C@@]1(C)CC2. The van der Waals surface area contributed by atoms with Crippen molar-refractivity contribution in [1.29, 1.82) is 0 Å². The summed E-state index contributed by atoms with van der Waals surface area (Å²) in [6.07, 6.45) is 8.91. The van der Waals surface area contributed by atoms with Gasteiger partial charge in [0.15, 0.2) is 0 Å². The Morgan fingerprint density at radius 2 is 1.88 bits per heavy atom. The number of allylic oxidation sites excluding steroid dienone is 1. The number of methoxy groups -OCH3 is 1. The van der Waals surface area contributed by atoms with E-state index in [2.05, 4.69) is 20.8 Å². The highest BCUT2D eigenvalue weighted by atomic mass is 16.5. The van der Waals surface area contributed by atoms with Gasteiger partial charge in [0.25, 0.3) is 0 Å². The number of cyclic esters (lactones) is 1. The van der Waals surface area contributed by atoms with E-state index in [9.17, 15) is 19.5 Å². The summed E-state index contributed by atoms with van der Waals surface area (Å²) in [6, 6.07) is 0. The van der Waals surface area contributed by atoms with Crippen LogP contribution in [0.5, 0.6) is 0 Å². The number of esters is 3. The van der Waals surface area contributed by atoms with Crippen molar-refractivity contribution in [3.05, 3.63) is 22.8 Å². The maximum Gasteiger partial charge on any atom is 0.333 e. The van der Waals surface area contributed by atoms with Gasteiger partial charge in [-0.15, -0.1) is 0 Å². The molecule has 40 heavy (non-hydrogen) atoms. The average molecular weight is 559 g/mol. The van der Waals surface area contributed by atoms with E-state index in [1.807, 2.05) is 26.8 Å². The third-order valence-corrected chi connectivity index (χ3v) is 11.8. The van der Waals surface area contributed by atoms with Crippen molar-refractivity contribution in [1.82, 2.24) is 0 Å². The Balaban J connectivity index is 1.77. The summed E-state index contributed by atoms with van der Waals surface area (Å²) >= 11 is 0. The number of hydrogen-bond acceptors (Lipinski definition) is 7. The highest BCUT2D eigenvalue weighted by Gasteiger charge is 2.63. The summed E-state index contributed by atoms with van der Waals surface area (Å²) in [7, 11) is 1.40. The molecule has 0 aromatic heterocycles. The van der Waals surface area contributed by atoms with Gasteiger partial charge >= 0.3 is 17.9 Å². The third-order valence-electron chi connectivity index (χ3n) is 11.8. The van der Waals surface area contributed by atoms with Gasteiger partial charge in [-0.3, -0.25) is 9.59 Å². The molecule has 7 heteroatoms. The van der Waals surface area contributed by atoms with E-state index in [0.29, 0.717) is 17.9 Å². The molecule has 0 radical (unpaired) electrons. The Kier molecular flexibility index (Phi) is 8.41. The standard InChI is InChI=1S/C33H50O7/c1-20-9-11-26(40-29(20)36)21(2)23-13-16-32(7)24-10-12-27(30(4,5)37)33(19-39-22(3)34,18-15-28(35)38-8)25(24)14-17-31(23,32)6/h9,21,23,26-27,37H,10-19H2,1-8H3/t21-,23+,26-,27-,31+,32-,33-/m0/s1. The molecule has 1 heterocycles. The molecule has 0 aromatic carbocycles. The van der Waals surface area contributed by atoms with E-state index in [-0.39, 0.29) is 59.7 Å². The molecule has 4 aliphatic rings. The lowest BCUT2D eigenvalue weighted by atomic mass is 9.46. The second-order valence-electron chi connectivity index (χ2n) is 14.0. The van der Waals surface area contributed by atoms with Gasteiger partial charge in [-0.2, -0.15) is 0 Å². The minimum Gasteiger partial charge on any atom is -0.469 e. The van der Waals surface area contributed by atoms with Crippen LogP contribution >= 0.6 is 0 Å². The van der Waals surface area contributed by atoms with E-state index < -0.39 is 11.0 Å². The first-order valence-electron chi connectivity index (χ1n) is 15.1. The molecule has 0 aromatic rings. The van der Waals surface area contributed by atoms with Crippen LogP contribution in [-0.4, -0.2) is 48.4 Å². The summed E-state index contributed by atoms with van der Waals surface area (Å²) in [5.41, 5.74) is 1.71. The van der Waals surface area contributed by atoms with Crippen molar-refractivity contribution in [2.45, 2.75) is 118 Å². The van der Waals surface area contributed by atoms with Gasteiger partial charge in [-0.05, 0) is 88.4 Å². The smallest absolute Gasteiger partial charge is 0.333 e. The largest absolute Gasteiger partial charge is 0.469 e. The molecular formula is C33H50O7. The number of ether oxygens (including phenoxy) is 3. The van der Waals surface area contributed by atoms with Crippen molar-refractivity contribution in [3.8, 4) is 0 Å². The molecule has 0 amide bonds. The Morgan fingerprint density at radius 3 is 2.48 bits per heavy atom. The molecule has 1 fully saturated rings. The first kappa shape index (κ1) is 30.8. The number of carbonyl (C=O) groups excluding carboxylic acids is 3. The van der Waals surface area contributed by atoms with Gasteiger partial charge in [0, 0.05) is 36.7 Å². The lowest BCUT2D eigenvalue weighted by Gasteiger charge is -2.59. The first-order chi connectivity index (χ1) is 18.6. The van der Waals surface area contributed by atoms with Crippen LogP contribution in [-0.2, 0) is 28.6 Å². The number of fused-ring (bicyclic) bond motifs is 2. The molecule has 7 nitrogen and oxygen atoms in total. The minimum absolute atomic E-state index is 0.0188. The average Bonchev–Trinajstić information content (AvgIpc) is 3.17. The van der Waals surface area contributed by atoms with Crippen LogP contribution in [0.2, 0.25) is 0 Å². The van der Waals surface area contributed by atoms with Crippen LogP contribution < -0.4 is 0 Å². The second kappa shape index (κ2) is 10.9. The van der Waals surface area contributed by atoms with Crippen LogP contribution in [0.25, 0.3) is 0 Å². The number of aliphatic hydroxyl groups is 1. The lowest BCUT2D eigenvalue weighted by Crippen LogP contribution is -2.54. The highest BCUT2D eigenvalue weighted by molar-refractivity contribution is 5.88. The monoisotopic (exact) mass is 558 g/mol. The summed E-state index contributed by atoms with van der Waals surface area (Å²) in [4.78, 5) is 36.9. The zero-order chi connectivity index (χ0) is 29.7. The molecule has 1 N–H and O–H groups in total. The van der Waals surface area contributed by atoms with Crippen LogP contribution in [0.3, 0.4) is 0 Å². The number of rotatable bonds is 8. The molecule has 0 saturated heterocycles. The molecule has 0 bridgehead atoms. The first-order valence-corrected chi connectivity index (χ1v) is 15.1. The number of carbonyl (C=O) groups is 3. The zero-order valence-electron chi connectivity index (χ0n) is 25.9. The summed E-state index contributed by atoms with van der Waals surface area (Å²) in [6.45, 7) is 14.2. The summed E-state index contributed by atoms with van der Waals surface area (Å²) in [5, 5.41) is 11.4. The van der Waals surface area contributed by atoms with E-state index >= 15 is 0 Å². The Morgan fingerprint density at radius 1 is 1.18 bits per heavy atom. The van der Waals surface area contributed by atoms with Gasteiger partial charge < -0.3 is 19.3 Å². The summed E-state index contributed by atoms with van der Waals surface area (Å²) in [5.74, 6) is -0.372. The van der Waals surface area contributed by atoms with Gasteiger partial charge in [-0.25, -0.2) is 4.79 Å².